The molecule has 1 saturated heterocycles. The number of benzene rings is 2. The largest absolute Gasteiger partial charge is 0.493 e. The van der Waals surface area contributed by atoms with Crippen LogP contribution in [0.3, 0.4) is 0 Å². The first-order valence-electron chi connectivity index (χ1n) is 11.9. The smallest absolute Gasteiger partial charge is 0.292 e. The minimum absolute atomic E-state index is 0.115. The van der Waals surface area contributed by atoms with Crippen LogP contribution >= 0.6 is 0 Å². The van der Waals surface area contributed by atoms with Crippen molar-refractivity contribution in [1.82, 2.24) is 0 Å². The quantitative estimate of drug-likeness (QED) is 0.488. The molecule has 5 nitrogen and oxygen atoms in total. The van der Waals surface area contributed by atoms with Crippen molar-refractivity contribution in [3.63, 3.8) is 0 Å². The SMILES string of the molecule is CCCCc1ccc2c(c1)C1(OCCO1)C(=O)N2CCCOc1cc(C)ccc1C(C)C. The lowest BCUT2D eigenvalue weighted by Gasteiger charge is -2.22. The number of hydrogen-bond acceptors (Lipinski definition) is 4. The summed E-state index contributed by atoms with van der Waals surface area (Å²) in [6.07, 6.45) is 3.99. The number of aryl methyl sites for hydroxylation is 2. The number of hydrogen-bond donors (Lipinski definition) is 0. The van der Waals surface area contributed by atoms with Crippen LogP contribution in [0.1, 0.15) is 68.2 Å². The lowest BCUT2D eigenvalue weighted by atomic mass is 10.0. The molecule has 2 aliphatic rings. The van der Waals surface area contributed by atoms with Crippen LogP contribution in [-0.2, 0) is 26.5 Å². The Hall–Kier alpha value is -2.37. The molecule has 2 heterocycles. The summed E-state index contributed by atoms with van der Waals surface area (Å²) in [5.41, 5.74) is 5.38. The van der Waals surface area contributed by atoms with Gasteiger partial charge in [0, 0.05) is 12.1 Å². The van der Waals surface area contributed by atoms with Gasteiger partial charge in [-0.25, -0.2) is 0 Å². The van der Waals surface area contributed by atoms with Crippen LogP contribution in [0.15, 0.2) is 36.4 Å². The first kappa shape index (κ1) is 22.8. The van der Waals surface area contributed by atoms with E-state index >= 15 is 0 Å². The van der Waals surface area contributed by atoms with Crippen LogP contribution in [-0.4, -0.2) is 32.3 Å². The van der Waals surface area contributed by atoms with Crippen molar-refractivity contribution in [3.8, 4) is 5.75 Å². The predicted molar refractivity (Wildman–Crippen MR) is 126 cm³/mol. The highest BCUT2D eigenvalue weighted by Gasteiger charge is 2.55. The molecule has 2 aromatic carbocycles. The summed E-state index contributed by atoms with van der Waals surface area (Å²) in [4.78, 5) is 15.2. The number of carbonyl (C=O) groups is 1. The zero-order valence-electron chi connectivity index (χ0n) is 19.8. The van der Waals surface area contributed by atoms with Gasteiger partial charge in [-0.05, 0) is 67.0 Å². The molecule has 0 aromatic heterocycles. The molecule has 5 heteroatoms. The van der Waals surface area contributed by atoms with Gasteiger partial charge in [0.25, 0.3) is 11.7 Å². The molecule has 0 N–H and O–H groups in total. The molecule has 0 bridgehead atoms. The van der Waals surface area contributed by atoms with Gasteiger partial charge in [-0.3, -0.25) is 4.79 Å². The predicted octanol–water partition coefficient (Wildman–Crippen LogP) is 5.48. The van der Waals surface area contributed by atoms with Gasteiger partial charge >= 0.3 is 0 Å². The van der Waals surface area contributed by atoms with E-state index in [0.717, 1.165) is 42.7 Å². The van der Waals surface area contributed by atoms with Gasteiger partial charge in [-0.15, -0.1) is 0 Å². The van der Waals surface area contributed by atoms with Gasteiger partial charge in [-0.2, -0.15) is 0 Å². The Labute approximate surface area is 191 Å². The molecule has 172 valence electrons. The van der Waals surface area contributed by atoms with Crippen molar-refractivity contribution in [2.24, 2.45) is 0 Å². The Kier molecular flexibility index (Phi) is 6.87. The van der Waals surface area contributed by atoms with Crippen molar-refractivity contribution < 1.29 is 19.0 Å². The molecular weight excluding hydrogens is 402 g/mol. The molecule has 32 heavy (non-hydrogen) atoms. The van der Waals surface area contributed by atoms with Gasteiger partial charge in [0.05, 0.1) is 25.5 Å². The third-order valence-electron chi connectivity index (χ3n) is 6.32. The van der Waals surface area contributed by atoms with E-state index in [1.54, 1.807) is 0 Å². The van der Waals surface area contributed by atoms with Crippen LogP contribution in [0.2, 0.25) is 0 Å². The van der Waals surface area contributed by atoms with Crippen molar-refractivity contribution >= 4 is 11.6 Å². The second-order valence-electron chi connectivity index (χ2n) is 9.12. The molecular formula is C27H35NO4. The van der Waals surface area contributed by atoms with Crippen molar-refractivity contribution in [1.29, 1.82) is 0 Å². The maximum atomic E-state index is 13.4. The number of amides is 1. The van der Waals surface area contributed by atoms with Gasteiger partial charge < -0.3 is 19.1 Å². The topological polar surface area (TPSA) is 48.0 Å². The molecule has 0 aliphatic carbocycles. The molecule has 1 spiro atoms. The number of rotatable bonds is 9. The Balaban J connectivity index is 1.47. The zero-order valence-corrected chi connectivity index (χ0v) is 19.8. The standard InChI is InChI=1S/C27H35NO4/c1-5-6-8-21-10-12-24-23(18-21)27(31-15-16-32-27)26(29)28(24)13-7-14-30-25-17-20(4)9-11-22(25)19(2)3/h9-12,17-19H,5-8,13-16H2,1-4H3. The first-order valence-corrected chi connectivity index (χ1v) is 11.9. The molecule has 2 aliphatic heterocycles. The fourth-order valence-corrected chi connectivity index (χ4v) is 4.58. The average Bonchev–Trinajstić information content (AvgIpc) is 3.35. The van der Waals surface area contributed by atoms with E-state index in [0.29, 0.717) is 32.3 Å². The molecule has 0 saturated carbocycles. The summed E-state index contributed by atoms with van der Waals surface area (Å²) in [5, 5.41) is 0. The second-order valence-corrected chi connectivity index (χ2v) is 9.12. The lowest BCUT2D eigenvalue weighted by Crippen LogP contribution is -2.41. The number of nitrogens with zero attached hydrogens (tertiary/aromatic N) is 1. The van der Waals surface area contributed by atoms with E-state index in [-0.39, 0.29) is 5.91 Å². The first-order chi connectivity index (χ1) is 15.5. The van der Waals surface area contributed by atoms with E-state index in [1.165, 1.54) is 16.7 Å². The van der Waals surface area contributed by atoms with Gasteiger partial charge in [0.15, 0.2) is 0 Å². The zero-order chi connectivity index (χ0) is 22.7. The van der Waals surface area contributed by atoms with E-state index in [4.69, 9.17) is 14.2 Å². The highest BCUT2D eigenvalue weighted by Crippen LogP contribution is 2.46. The van der Waals surface area contributed by atoms with Crippen LogP contribution in [0.25, 0.3) is 0 Å². The van der Waals surface area contributed by atoms with Crippen molar-refractivity contribution in [2.75, 3.05) is 31.3 Å². The number of anilines is 1. The Bertz CT molecular complexity index is 962. The summed E-state index contributed by atoms with van der Waals surface area (Å²) in [6, 6.07) is 12.6. The Morgan fingerprint density at radius 3 is 2.59 bits per heavy atom. The van der Waals surface area contributed by atoms with Crippen LogP contribution in [0.5, 0.6) is 5.75 Å². The van der Waals surface area contributed by atoms with E-state index in [9.17, 15) is 4.79 Å². The maximum absolute atomic E-state index is 13.4. The Morgan fingerprint density at radius 2 is 1.88 bits per heavy atom. The molecule has 0 radical (unpaired) electrons. The monoisotopic (exact) mass is 437 g/mol. The van der Waals surface area contributed by atoms with E-state index in [1.807, 2.05) is 4.90 Å². The maximum Gasteiger partial charge on any atom is 0.292 e. The summed E-state index contributed by atoms with van der Waals surface area (Å²) in [6.45, 7) is 10.6. The van der Waals surface area contributed by atoms with Crippen LogP contribution in [0.4, 0.5) is 5.69 Å². The van der Waals surface area contributed by atoms with Gasteiger partial charge in [0.2, 0.25) is 0 Å². The number of unbranched alkanes of at least 4 members (excludes halogenated alkanes) is 1. The number of fused-ring (bicyclic) bond motifs is 2. The number of carbonyl (C=O) groups excluding carboxylic acids is 1. The highest BCUT2D eigenvalue weighted by molar-refractivity contribution is 6.06. The van der Waals surface area contributed by atoms with Crippen LogP contribution < -0.4 is 9.64 Å². The molecule has 4 rings (SSSR count). The Morgan fingerprint density at radius 1 is 1.09 bits per heavy atom. The molecule has 1 amide bonds. The summed E-state index contributed by atoms with van der Waals surface area (Å²) < 4.78 is 18.0. The van der Waals surface area contributed by atoms with Crippen molar-refractivity contribution in [2.45, 2.75) is 65.1 Å². The van der Waals surface area contributed by atoms with Crippen molar-refractivity contribution in [3.05, 3.63) is 58.7 Å². The third-order valence-corrected chi connectivity index (χ3v) is 6.32. The fourth-order valence-electron chi connectivity index (χ4n) is 4.58. The average molecular weight is 438 g/mol. The normalized spacial score (nSPS) is 16.9. The summed E-state index contributed by atoms with van der Waals surface area (Å²) in [7, 11) is 0. The van der Waals surface area contributed by atoms with Crippen LogP contribution in [0, 0.1) is 6.92 Å². The summed E-state index contributed by atoms with van der Waals surface area (Å²) in [5.74, 6) is -0.0421. The number of ether oxygens (including phenoxy) is 3. The summed E-state index contributed by atoms with van der Waals surface area (Å²) >= 11 is 0. The molecule has 0 atom stereocenters. The fraction of sp³-hybridized carbons (Fsp3) is 0.519. The second kappa shape index (κ2) is 9.63. The van der Waals surface area contributed by atoms with E-state index < -0.39 is 5.79 Å². The molecule has 0 unspecified atom stereocenters. The lowest BCUT2D eigenvalue weighted by molar-refractivity contribution is -0.180. The highest BCUT2D eigenvalue weighted by atomic mass is 16.7. The van der Waals surface area contributed by atoms with Gasteiger partial charge in [0.1, 0.15) is 5.75 Å². The minimum Gasteiger partial charge on any atom is -0.493 e. The third kappa shape index (κ3) is 4.28. The van der Waals surface area contributed by atoms with E-state index in [2.05, 4.69) is 64.1 Å². The molecule has 1 fully saturated rings. The minimum atomic E-state index is -1.26. The molecule has 2 aromatic rings. The van der Waals surface area contributed by atoms with Gasteiger partial charge in [-0.1, -0.05) is 45.4 Å².